The number of hydrogen-bond donors (Lipinski definition) is 0. The summed E-state index contributed by atoms with van der Waals surface area (Å²) in [5.74, 6) is -0.344. The minimum atomic E-state index is -0.176. The summed E-state index contributed by atoms with van der Waals surface area (Å²) in [5, 5.41) is 0. The van der Waals surface area contributed by atoms with Crippen molar-refractivity contribution in [3.63, 3.8) is 0 Å². The molecular formula is C22H16O2. The van der Waals surface area contributed by atoms with Gasteiger partial charge in [-0.1, -0.05) is 91.5 Å². The van der Waals surface area contributed by atoms with E-state index in [1.54, 1.807) is 48.5 Å². The van der Waals surface area contributed by atoms with Crippen molar-refractivity contribution in [2.45, 2.75) is 0 Å². The van der Waals surface area contributed by atoms with Crippen LogP contribution in [-0.4, -0.2) is 11.6 Å². The summed E-state index contributed by atoms with van der Waals surface area (Å²) >= 11 is 0. The van der Waals surface area contributed by atoms with E-state index in [4.69, 9.17) is 0 Å². The molecule has 0 unspecified atom stereocenters. The predicted octanol–water partition coefficient (Wildman–Crippen LogP) is 4.79. The Morgan fingerprint density at radius 1 is 0.667 bits per heavy atom. The first-order chi connectivity index (χ1) is 11.7. The van der Waals surface area contributed by atoms with E-state index in [-0.39, 0.29) is 11.6 Å². The van der Waals surface area contributed by atoms with E-state index in [9.17, 15) is 9.59 Å². The molecule has 2 heteroatoms. The Hall–Kier alpha value is -3.26. The second-order valence-corrected chi connectivity index (χ2v) is 5.36. The third-order valence-electron chi connectivity index (χ3n) is 3.86. The standard InChI is InChI=1S/C22H16O2/c1-2-16-14-9-15-19(21(23)17-10-5-3-6-11-17)20(16)22(24)18-12-7-4-8-13-18/h2-15H,1H2. The monoisotopic (exact) mass is 312 g/mol. The fraction of sp³-hybridized carbons (Fsp3) is 0. The molecule has 0 aliphatic rings. The fourth-order valence-electron chi connectivity index (χ4n) is 2.66. The van der Waals surface area contributed by atoms with Gasteiger partial charge in [0.1, 0.15) is 0 Å². The first-order valence-corrected chi connectivity index (χ1v) is 7.67. The first-order valence-electron chi connectivity index (χ1n) is 7.67. The molecule has 0 aromatic heterocycles. The maximum Gasteiger partial charge on any atom is 0.194 e. The van der Waals surface area contributed by atoms with Crippen molar-refractivity contribution in [3.05, 3.63) is 113 Å². The van der Waals surface area contributed by atoms with E-state index in [2.05, 4.69) is 6.58 Å². The minimum absolute atomic E-state index is 0.168. The van der Waals surface area contributed by atoms with Gasteiger partial charge in [-0.2, -0.15) is 0 Å². The Bertz CT molecular complexity index is 894. The summed E-state index contributed by atoms with van der Waals surface area (Å²) in [7, 11) is 0. The topological polar surface area (TPSA) is 34.1 Å². The molecule has 2 nitrogen and oxygen atoms in total. The number of hydrogen-bond acceptors (Lipinski definition) is 2. The lowest BCUT2D eigenvalue weighted by Crippen LogP contribution is -2.13. The molecule has 3 aromatic carbocycles. The van der Waals surface area contributed by atoms with E-state index in [0.29, 0.717) is 27.8 Å². The molecular weight excluding hydrogens is 296 g/mol. The highest BCUT2D eigenvalue weighted by atomic mass is 16.1. The van der Waals surface area contributed by atoms with Gasteiger partial charge in [-0.25, -0.2) is 0 Å². The summed E-state index contributed by atoms with van der Waals surface area (Å²) in [6.45, 7) is 3.78. The third-order valence-corrected chi connectivity index (χ3v) is 3.86. The molecule has 3 aromatic rings. The predicted molar refractivity (Wildman–Crippen MR) is 96.3 cm³/mol. The molecule has 0 atom stereocenters. The largest absolute Gasteiger partial charge is 0.289 e. The van der Waals surface area contributed by atoms with Gasteiger partial charge >= 0.3 is 0 Å². The zero-order valence-electron chi connectivity index (χ0n) is 13.1. The van der Waals surface area contributed by atoms with Crippen molar-refractivity contribution >= 4 is 17.6 Å². The number of ketones is 2. The molecule has 0 bridgehead atoms. The van der Waals surface area contributed by atoms with Gasteiger partial charge in [-0.15, -0.1) is 0 Å². The molecule has 0 aliphatic heterocycles. The van der Waals surface area contributed by atoms with Crippen LogP contribution in [0.1, 0.15) is 37.4 Å². The molecule has 0 saturated carbocycles. The van der Waals surface area contributed by atoms with Crippen molar-refractivity contribution in [3.8, 4) is 0 Å². The van der Waals surface area contributed by atoms with Crippen molar-refractivity contribution in [2.24, 2.45) is 0 Å². The SMILES string of the molecule is C=Cc1cccc(C(=O)c2ccccc2)c1C(=O)c1ccccc1. The van der Waals surface area contributed by atoms with Crippen LogP contribution >= 0.6 is 0 Å². The molecule has 0 heterocycles. The Labute approximate surface area is 141 Å². The molecule has 0 N–H and O–H groups in total. The van der Waals surface area contributed by atoms with Gasteiger partial charge in [0.2, 0.25) is 0 Å². The van der Waals surface area contributed by atoms with Crippen LogP contribution in [0.3, 0.4) is 0 Å². The zero-order valence-corrected chi connectivity index (χ0v) is 13.1. The fourth-order valence-corrected chi connectivity index (χ4v) is 2.66. The van der Waals surface area contributed by atoms with Crippen LogP contribution in [0.2, 0.25) is 0 Å². The highest BCUT2D eigenvalue weighted by Crippen LogP contribution is 2.23. The van der Waals surface area contributed by atoms with E-state index in [0.717, 1.165) is 0 Å². The number of rotatable bonds is 5. The normalized spacial score (nSPS) is 10.2. The third kappa shape index (κ3) is 2.95. The second kappa shape index (κ2) is 6.88. The van der Waals surface area contributed by atoms with Crippen LogP contribution in [-0.2, 0) is 0 Å². The van der Waals surface area contributed by atoms with Crippen molar-refractivity contribution < 1.29 is 9.59 Å². The number of carbonyl (C=O) groups excluding carboxylic acids is 2. The first kappa shape index (κ1) is 15.6. The lowest BCUT2D eigenvalue weighted by molar-refractivity contribution is 0.100. The summed E-state index contributed by atoms with van der Waals surface area (Å²) in [6.07, 6.45) is 1.61. The maximum atomic E-state index is 13.0. The van der Waals surface area contributed by atoms with E-state index < -0.39 is 0 Å². The zero-order chi connectivity index (χ0) is 16.9. The van der Waals surface area contributed by atoms with Crippen LogP contribution in [0.5, 0.6) is 0 Å². The van der Waals surface area contributed by atoms with Gasteiger partial charge in [-0.3, -0.25) is 9.59 Å². The Kier molecular flexibility index (Phi) is 4.48. The van der Waals surface area contributed by atoms with Crippen LogP contribution < -0.4 is 0 Å². The lowest BCUT2D eigenvalue weighted by Gasteiger charge is -2.11. The molecule has 0 aliphatic carbocycles. The smallest absolute Gasteiger partial charge is 0.194 e. The number of carbonyl (C=O) groups is 2. The Balaban J connectivity index is 2.16. The summed E-state index contributed by atoms with van der Waals surface area (Å²) in [6, 6.07) is 23.2. The van der Waals surface area contributed by atoms with E-state index in [1.165, 1.54) is 0 Å². The molecule has 0 saturated heterocycles. The molecule has 0 spiro atoms. The van der Waals surface area contributed by atoms with Gasteiger partial charge in [0.15, 0.2) is 11.6 Å². The quantitative estimate of drug-likeness (QED) is 0.635. The van der Waals surface area contributed by atoms with Gasteiger partial charge in [0.05, 0.1) is 0 Å². The van der Waals surface area contributed by atoms with Crippen LogP contribution in [0.25, 0.3) is 6.08 Å². The van der Waals surface area contributed by atoms with Crippen LogP contribution in [0, 0.1) is 0 Å². The highest BCUT2D eigenvalue weighted by molar-refractivity contribution is 6.20. The summed E-state index contributed by atoms with van der Waals surface area (Å²) in [4.78, 5) is 25.9. The Morgan fingerprint density at radius 2 is 1.21 bits per heavy atom. The Morgan fingerprint density at radius 3 is 1.75 bits per heavy atom. The van der Waals surface area contributed by atoms with Crippen molar-refractivity contribution in [1.82, 2.24) is 0 Å². The van der Waals surface area contributed by atoms with Gasteiger partial charge < -0.3 is 0 Å². The van der Waals surface area contributed by atoms with E-state index in [1.807, 2.05) is 36.4 Å². The van der Waals surface area contributed by atoms with Gasteiger partial charge in [0.25, 0.3) is 0 Å². The molecule has 24 heavy (non-hydrogen) atoms. The van der Waals surface area contributed by atoms with Crippen LogP contribution in [0.4, 0.5) is 0 Å². The summed E-state index contributed by atoms with van der Waals surface area (Å²) < 4.78 is 0. The summed E-state index contributed by atoms with van der Waals surface area (Å²) in [5.41, 5.74) is 2.56. The van der Waals surface area contributed by atoms with Crippen molar-refractivity contribution in [1.29, 1.82) is 0 Å². The molecule has 0 fully saturated rings. The van der Waals surface area contributed by atoms with Crippen molar-refractivity contribution in [2.75, 3.05) is 0 Å². The maximum absolute atomic E-state index is 13.0. The highest BCUT2D eigenvalue weighted by Gasteiger charge is 2.21. The average molecular weight is 312 g/mol. The van der Waals surface area contributed by atoms with Crippen LogP contribution in [0.15, 0.2) is 85.4 Å². The number of benzene rings is 3. The minimum Gasteiger partial charge on any atom is -0.289 e. The van der Waals surface area contributed by atoms with Gasteiger partial charge in [0, 0.05) is 22.3 Å². The lowest BCUT2D eigenvalue weighted by atomic mass is 9.89. The molecule has 0 radical (unpaired) electrons. The molecule has 0 amide bonds. The van der Waals surface area contributed by atoms with E-state index >= 15 is 0 Å². The average Bonchev–Trinajstić information content (AvgIpc) is 2.67. The van der Waals surface area contributed by atoms with Gasteiger partial charge in [-0.05, 0) is 5.56 Å². The second-order valence-electron chi connectivity index (χ2n) is 5.36. The molecule has 116 valence electrons. The molecule has 3 rings (SSSR count).